The van der Waals surface area contributed by atoms with E-state index in [9.17, 15) is 73.2 Å². The Kier molecular flexibility index (Phi) is 56.1. The molecule has 6 amide bonds. The van der Waals surface area contributed by atoms with Crippen LogP contribution in [0.3, 0.4) is 0 Å². The van der Waals surface area contributed by atoms with E-state index in [1.54, 1.807) is 31.2 Å². The predicted molar refractivity (Wildman–Crippen MR) is 418 cm³/mol. The number of cyclic esters (lactones) is 2. The fourth-order valence-corrected chi connectivity index (χ4v) is 9.87. The lowest BCUT2D eigenvalue weighted by molar-refractivity contribution is -0.165. The molecule has 0 spiro atoms. The van der Waals surface area contributed by atoms with Crippen molar-refractivity contribution < 1.29 is 106 Å². The summed E-state index contributed by atoms with van der Waals surface area (Å²) in [6.45, 7) is 24.3. The zero-order valence-corrected chi connectivity index (χ0v) is 67.7. The predicted octanol–water partition coefficient (Wildman–Crippen LogP) is 2.48. The van der Waals surface area contributed by atoms with Crippen molar-refractivity contribution >= 4 is 71.3 Å². The zero-order valence-electron chi connectivity index (χ0n) is 67.7. The molecule has 640 valence electrons. The lowest BCUT2D eigenvalue weighted by Gasteiger charge is -2.29. The maximum absolute atomic E-state index is 12.3. The maximum atomic E-state index is 12.3. The van der Waals surface area contributed by atoms with Gasteiger partial charge in [-0.05, 0) is 256 Å². The third kappa shape index (κ3) is 47.6. The van der Waals surface area contributed by atoms with Crippen molar-refractivity contribution in [1.82, 2.24) is 46.2 Å². The van der Waals surface area contributed by atoms with Crippen molar-refractivity contribution in [1.29, 1.82) is 0 Å². The Bertz CT molecular complexity index is 2560. The Hall–Kier alpha value is -7.49. The molecule has 1 aromatic carbocycles. The third-order valence-electron chi connectivity index (χ3n) is 18.8. The van der Waals surface area contributed by atoms with E-state index in [0.29, 0.717) is 70.6 Å². The van der Waals surface area contributed by atoms with Crippen LogP contribution in [0.5, 0.6) is 0 Å². The van der Waals surface area contributed by atoms with E-state index >= 15 is 0 Å². The van der Waals surface area contributed by atoms with Crippen molar-refractivity contribution in [3.8, 4) is 0 Å². The number of para-hydroxylation sites is 1. The van der Waals surface area contributed by atoms with Crippen LogP contribution in [0.15, 0.2) is 30.3 Å². The largest absolute Gasteiger partial charge is 0.508 e. The summed E-state index contributed by atoms with van der Waals surface area (Å²) in [4.78, 5) is 140. The van der Waals surface area contributed by atoms with Gasteiger partial charge in [0.1, 0.15) is 74.8 Å². The monoisotopic (exact) mass is 1590 g/mol. The quantitative estimate of drug-likeness (QED) is 0.0253. The molecule has 1 aliphatic rings. The van der Waals surface area contributed by atoms with Gasteiger partial charge in [0, 0.05) is 31.9 Å². The van der Waals surface area contributed by atoms with Crippen molar-refractivity contribution in [2.24, 2.45) is 50.0 Å². The number of carbonyl (C=O) groups is 11. The van der Waals surface area contributed by atoms with E-state index in [0.717, 1.165) is 104 Å². The molecular weight excluding hydrogens is 1450 g/mol. The van der Waals surface area contributed by atoms with E-state index < -0.39 is 96.0 Å². The number of carbonyl (C=O) groups excluding carboxylic acids is 11. The lowest BCUT2D eigenvalue weighted by Crippen LogP contribution is -2.44. The SMILES string of the molecule is CC(=O)C(C)(CO)COC(=O)NCCCN(CCCCN(CCCNC(=O)OCC(C)(CO)C(C)=O)CCCNC(=O)OCC(C)(CO)C(C)=O)CCCNC(=O)OCC(C)(CO)C(C)=O.CC1(C(=O)OCCNC(=O)Nc2ccccc2)COC(=O)OC1.NCCCN(CCCN)CCCCN(CCCN)CCCN. The number of nitrogens with zero attached hydrogens (tertiary/aromatic N) is 4. The number of amides is 6. The van der Waals surface area contributed by atoms with E-state index in [2.05, 4.69) is 61.0 Å². The number of ketones is 4. The van der Waals surface area contributed by atoms with Crippen LogP contribution >= 0.6 is 0 Å². The highest BCUT2D eigenvalue weighted by Gasteiger charge is 2.42. The molecule has 0 aromatic heterocycles. The second kappa shape index (κ2) is 60.2. The minimum atomic E-state index is -1.20. The van der Waals surface area contributed by atoms with E-state index in [-0.39, 0.29) is 102 Å². The van der Waals surface area contributed by atoms with Crippen LogP contribution in [0.2, 0.25) is 0 Å². The van der Waals surface area contributed by atoms with Gasteiger partial charge in [-0.2, -0.15) is 0 Å². The van der Waals surface area contributed by atoms with Gasteiger partial charge in [-0.15, -0.1) is 0 Å². The Morgan fingerprint density at radius 3 is 0.919 bits per heavy atom. The molecule has 1 heterocycles. The van der Waals surface area contributed by atoms with Gasteiger partial charge < -0.3 is 128 Å². The minimum absolute atomic E-state index is 0.00454. The number of urea groups is 1. The molecule has 1 saturated heterocycles. The molecular formula is C75H138N14O22. The van der Waals surface area contributed by atoms with Crippen LogP contribution < -0.4 is 54.8 Å². The molecule has 1 fully saturated rings. The molecule has 1 aromatic rings. The van der Waals surface area contributed by atoms with Gasteiger partial charge in [0.15, 0.2) is 0 Å². The van der Waals surface area contributed by atoms with E-state index in [1.165, 1.54) is 68.2 Å². The fourth-order valence-electron chi connectivity index (χ4n) is 9.87. The Balaban J connectivity index is 0.00000215. The third-order valence-corrected chi connectivity index (χ3v) is 18.8. The number of hydrogen-bond donors (Lipinski definition) is 14. The number of nitrogens with one attached hydrogen (secondary N) is 6. The van der Waals surface area contributed by atoms with Crippen LogP contribution in [0.4, 0.5) is 34.5 Å². The molecule has 0 radical (unpaired) electrons. The molecule has 2 rings (SSSR count). The number of esters is 1. The molecule has 4 atom stereocenters. The minimum Gasteiger partial charge on any atom is -0.463 e. The Labute approximate surface area is 656 Å². The molecule has 1 aliphatic heterocycles. The number of aliphatic hydroxyl groups excluding tert-OH is 4. The van der Waals surface area contributed by atoms with Crippen molar-refractivity contribution in [2.45, 2.75) is 139 Å². The maximum Gasteiger partial charge on any atom is 0.508 e. The van der Waals surface area contributed by atoms with Gasteiger partial charge in [-0.3, -0.25) is 24.0 Å². The summed E-state index contributed by atoms with van der Waals surface area (Å²) in [7, 11) is 0. The number of benzene rings is 1. The first-order chi connectivity index (χ1) is 52.7. The number of nitrogens with two attached hydrogens (primary N) is 4. The summed E-state index contributed by atoms with van der Waals surface area (Å²) in [5.74, 6) is -1.79. The number of rotatable bonds is 59. The van der Waals surface area contributed by atoms with E-state index in [4.69, 9.17) is 46.6 Å². The first-order valence-corrected chi connectivity index (χ1v) is 38.6. The van der Waals surface area contributed by atoms with Gasteiger partial charge in [-0.25, -0.2) is 28.8 Å². The molecule has 4 unspecified atom stereocenters. The second-order valence-electron chi connectivity index (χ2n) is 29.1. The number of ether oxygens (including phenoxy) is 7. The average Bonchev–Trinajstić information content (AvgIpc) is 0.835. The molecule has 0 saturated carbocycles. The molecule has 18 N–H and O–H groups in total. The van der Waals surface area contributed by atoms with Crippen LogP contribution in [0, 0.1) is 27.1 Å². The first-order valence-electron chi connectivity index (χ1n) is 38.6. The van der Waals surface area contributed by atoms with Gasteiger partial charge in [0.05, 0.1) is 54.6 Å². The van der Waals surface area contributed by atoms with Gasteiger partial charge >= 0.3 is 42.5 Å². The lowest BCUT2D eigenvalue weighted by atomic mass is 9.88. The highest BCUT2D eigenvalue weighted by Crippen LogP contribution is 2.25. The number of Topliss-reactive ketones (excluding diaryl/α,β-unsaturated/α-hetero) is 4. The van der Waals surface area contributed by atoms with Gasteiger partial charge in [-0.1, -0.05) is 18.2 Å². The Morgan fingerprint density at radius 1 is 0.405 bits per heavy atom. The molecule has 111 heavy (non-hydrogen) atoms. The average molecular weight is 1590 g/mol. The number of aliphatic hydroxyl groups is 4. The first kappa shape index (κ1) is 104. The van der Waals surface area contributed by atoms with Crippen LogP contribution in [-0.2, 0) is 57.1 Å². The summed E-state index contributed by atoms with van der Waals surface area (Å²) in [5, 5.41) is 54.1. The topological polar surface area (TPSA) is 523 Å². The second-order valence-corrected chi connectivity index (χ2v) is 29.1. The number of hydrogen-bond acceptors (Lipinski definition) is 30. The van der Waals surface area contributed by atoms with Crippen molar-refractivity contribution in [2.75, 3.05) is 215 Å². The Morgan fingerprint density at radius 2 is 0.667 bits per heavy atom. The summed E-state index contributed by atoms with van der Waals surface area (Å²) >= 11 is 0. The van der Waals surface area contributed by atoms with Crippen LogP contribution in [0.1, 0.15) is 139 Å². The molecule has 36 nitrogen and oxygen atoms in total. The van der Waals surface area contributed by atoms with Crippen LogP contribution in [-0.4, -0.2) is 316 Å². The zero-order chi connectivity index (χ0) is 83.6. The summed E-state index contributed by atoms with van der Waals surface area (Å²) in [5.41, 5.74) is 17.3. The van der Waals surface area contributed by atoms with Crippen molar-refractivity contribution in [3.63, 3.8) is 0 Å². The number of unbranched alkanes of at least 4 members (excludes halogenated alkanes) is 2. The molecule has 0 aliphatic carbocycles. The van der Waals surface area contributed by atoms with Crippen molar-refractivity contribution in [3.05, 3.63) is 30.3 Å². The fraction of sp³-hybridized carbons (Fsp3) is 0.773. The smallest absolute Gasteiger partial charge is 0.463 e. The highest BCUT2D eigenvalue weighted by atomic mass is 16.7. The normalized spacial score (nSPS) is 14.5. The molecule has 36 heteroatoms. The van der Waals surface area contributed by atoms with E-state index in [1.807, 2.05) is 6.07 Å². The van der Waals surface area contributed by atoms with Gasteiger partial charge in [0.25, 0.3) is 0 Å². The summed E-state index contributed by atoms with van der Waals surface area (Å²) in [6.07, 6.45) is 6.75. The number of alkyl carbamates (subject to hydrolysis) is 4. The van der Waals surface area contributed by atoms with Gasteiger partial charge in [0.2, 0.25) is 0 Å². The highest BCUT2D eigenvalue weighted by molar-refractivity contribution is 5.89. The standard InChI is InChI=1S/C44H80N6O16.C16H40N6.C15H18N2O6/c1-33(55)41(5,25-51)29-63-37(59)45-15-11-21-49(22-12-16-46-38(60)64-30-42(6,26-52)34(2)56)19-9-10-20-50(23-13-17-47-39(61)65-31-43(7,27-53)35(3)57)24-14-18-48-40(62)66-32-44(8,28-54)36(4)58;17-7-3-13-21(14-4-8-18)11-1-2-12-22(15-5-9-19)16-6-10-20;1-15(9-22-14(20)23-10-15)12(18)21-8-7-16-13(19)17-11-5-3-2-4-6-11/h51-54H,9-32H2,1-8H3,(H,45,59)(H,46,60)(H,47,61)(H,48,62);1-20H2;2-6H,7-10H2,1H3,(H2,16,17,19). The summed E-state index contributed by atoms with van der Waals surface area (Å²) < 4.78 is 35.1. The summed E-state index contributed by atoms with van der Waals surface area (Å²) in [6, 6.07) is 8.56. The molecule has 0 bridgehead atoms. The van der Waals surface area contributed by atoms with Crippen LogP contribution in [0.25, 0.3) is 0 Å². The number of anilines is 1.